The Bertz CT molecular complexity index is 998. The van der Waals surface area contributed by atoms with Crippen LogP contribution in [0.25, 0.3) is 0 Å². The molecule has 2 heterocycles. The lowest BCUT2D eigenvalue weighted by atomic mass is 9.94. The molecule has 8 N–H and O–H groups in total. The fraction of sp³-hybridized carbons (Fsp3) is 0.593. The fourth-order valence-electron chi connectivity index (χ4n) is 5.09. The quantitative estimate of drug-likeness (QED) is 0.149. The van der Waals surface area contributed by atoms with E-state index in [1.54, 1.807) is 35.2 Å². The number of carbonyl (C=O) groups excluding carboxylic acids is 3. The van der Waals surface area contributed by atoms with E-state index >= 15 is 0 Å². The number of nitrogens with zero attached hydrogens (tertiary/aromatic N) is 1. The van der Waals surface area contributed by atoms with Crippen LogP contribution in [-0.2, 0) is 20.8 Å². The Balaban J connectivity index is 0.00000560. The predicted molar refractivity (Wildman–Crippen MR) is 153 cm³/mol. The van der Waals surface area contributed by atoms with Gasteiger partial charge in [0.05, 0.1) is 0 Å². The summed E-state index contributed by atoms with van der Waals surface area (Å²) in [5, 5.41) is 28.9. The summed E-state index contributed by atoms with van der Waals surface area (Å²) < 4.78 is 0. The number of hydrogen-bond donors (Lipinski definition) is 7. The van der Waals surface area contributed by atoms with Crippen molar-refractivity contribution in [3.63, 3.8) is 0 Å². The molecule has 1 aromatic rings. The van der Waals surface area contributed by atoms with E-state index in [1.165, 1.54) is 0 Å². The Kier molecular flexibility index (Phi) is 13.7. The van der Waals surface area contributed by atoms with Crippen LogP contribution < -0.4 is 27.0 Å². The predicted octanol–water partition coefficient (Wildman–Crippen LogP) is 0.842. The Hall–Kier alpha value is -3.38. The van der Waals surface area contributed by atoms with Gasteiger partial charge in [-0.1, -0.05) is 43.2 Å². The summed E-state index contributed by atoms with van der Waals surface area (Å²) in [6, 6.07) is 5.17. The van der Waals surface area contributed by atoms with Crippen LogP contribution in [0, 0.1) is 17.2 Å². The number of nitrogens with one attached hydrogen (secondary N) is 5. The van der Waals surface area contributed by atoms with Crippen molar-refractivity contribution >= 4 is 42.1 Å². The van der Waals surface area contributed by atoms with Gasteiger partial charge in [-0.25, -0.2) is 9.59 Å². The smallest absolute Gasteiger partial charge is 0.326 e. The van der Waals surface area contributed by atoms with E-state index in [0.717, 1.165) is 51.6 Å². The highest BCUT2D eigenvalue weighted by Gasteiger charge is 2.40. The van der Waals surface area contributed by atoms with Crippen molar-refractivity contribution < 1.29 is 24.3 Å². The summed E-state index contributed by atoms with van der Waals surface area (Å²) in [7, 11) is 0. The van der Waals surface area contributed by atoms with Crippen LogP contribution in [0.15, 0.2) is 30.3 Å². The van der Waals surface area contributed by atoms with Gasteiger partial charge in [0.15, 0.2) is 0 Å². The van der Waals surface area contributed by atoms with Crippen molar-refractivity contribution in [1.82, 2.24) is 26.2 Å². The summed E-state index contributed by atoms with van der Waals surface area (Å²) in [5.74, 6) is -4.17. The first-order valence-electron chi connectivity index (χ1n) is 13.7. The molecule has 4 atom stereocenters. The van der Waals surface area contributed by atoms with Crippen molar-refractivity contribution in [2.75, 3.05) is 32.7 Å². The van der Waals surface area contributed by atoms with Gasteiger partial charge in [0.25, 0.3) is 0 Å². The normalized spacial score (nSPS) is 19.5. The molecule has 40 heavy (non-hydrogen) atoms. The van der Waals surface area contributed by atoms with Crippen molar-refractivity contribution in [2.45, 2.75) is 57.0 Å². The minimum atomic E-state index is -1.46. The topological polar surface area (TPSA) is 190 Å². The second-order valence-electron chi connectivity index (χ2n) is 10.3. The van der Waals surface area contributed by atoms with Crippen LogP contribution in [0.2, 0.25) is 0 Å². The summed E-state index contributed by atoms with van der Waals surface area (Å²) in [6.45, 7) is 2.95. The van der Waals surface area contributed by atoms with E-state index in [0.29, 0.717) is 25.2 Å². The lowest BCUT2D eigenvalue weighted by molar-refractivity contribution is -0.139. The Labute approximate surface area is 241 Å². The van der Waals surface area contributed by atoms with Crippen LogP contribution >= 0.6 is 12.4 Å². The molecule has 12 nitrogen and oxygen atoms in total. The molecule has 13 heteroatoms. The highest BCUT2D eigenvalue weighted by atomic mass is 35.5. The van der Waals surface area contributed by atoms with Crippen LogP contribution in [0.3, 0.4) is 0 Å². The van der Waals surface area contributed by atoms with Gasteiger partial charge in [0.2, 0.25) is 11.8 Å². The van der Waals surface area contributed by atoms with Crippen molar-refractivity contribution in [3.8, 4) is 0 Å². The highest BCUT2D eigenvalue weighted by molar-refractivity contribution is 6.07. The highest BCUT2D eigenvalue weighted by Crippen LogP contribution is 2.16. The lowest BCUT2D eigenvalue weighted by Crippen LogP contribution is -2.61. The summed E-state index contributed by atoms with van der Waals surface area (Å²) in [6.07, 6.45) is 5.46. The van der Waals surface area contributed by atoms with Crippen LogP contribution in [0.5, 0.6) is 0 Å². The van der Waals surface area contributed by atoms with E-state index in [4.69, 9.17) is 11.1 Å². The number of aliphatic carboxylic acids is 1. The zero-order valence-corrected chi connectivity index (χ0v) is 23.5. The number of likely N-dealkylation sites (tertiary alicyclic amines) is 1. The molecule has 2 aliphatic heterocycles. The van der Waals surface area contributed by atoms with E-state index < -0.39 is 47.7 Å². The maximum atomic E-state index is 13.7. The molecule has 3 rings (SSSR count). The van der Waals surface area contributed by atoms with Crippen LogP contribution in [-0.4, -0.2) is 84.5 Å². The van der Waals surface area contributed by atoms with Crippen LogP contribution in [0.4, 0.5) is 4.79 Å². The molecule has 222 valence electrons. The van der Waals surface area contributed by atoms with Crippen molar-refractivity contribution in [1.29, 1.82) is 5.41 Å². The Morgan fingerprint density at radius 3 is 2.30 bits per heavy atom. The largest absolute Gasteiger partial charge is 0.480 e. The number of nitrogens with two attached hydrogens (primary N) is 1. The van der Waals surface area contributed by atoms with E-state index in [2.05, 4.69) is 21.3 Å². The number of amides is 4. The van der Waals surface area contributed by atoms with Gasteiger partial charge >= 0.3 is 12.0 Å². The molecule has 0 aliphatic carbocycles. The number of piperidine rings is 1. The number of rotatable bonds is 11. The van der Waals surface area contributed by atoms with E-state index in [-0.39, 0.29) is 24.7 Å². The fourth-order valence-corrected chi connectivity index (χ4v) is 5.09. The molecular weight excluding hydrogens is 538 g/mol. The van der Waals surface area contributed by atoms with Gasteiger partial charge in [-0.2, -0.15) is 0 Å². The molecule has 0 spiro atoms. The third-order valence-electron chi connectivity index (χ3n) is 7.27. The number of urea groups is 1. The molecule has 0 aromatic heterocycles. The minimum absolute atomic E-state index is 0. The lowest BCUT2D eigenvalue weighted by Gasteiger charge is -2.32. The number of carbonyl (C=O) groups is 4. The second-order valence-corrected chi connectivity index (χ2v) is 10.3. The molecule has 2 fully saturated rings. The maximum Gasteiger partial charge on any atom is 0.326 e. The average molecular weight is 580 g/mol. The first-order chi connectivity index (χ1) is 18.8. The number of benzene rings is 1. The molecule has 1 aromatic carbocycles. The summed E-state index contributed by atoms with van der Waals surface area (Å²) in [4.78, 5) is 53.5. The van der Waals surface area contributed by atoms with Crippen molar-refractivity contribution in [2.24, 2.45) is 17.6 Å². The van der Waals surface area contributed by atoms with E-state index in [9.17, 15) is 24.3 Å². The number of halogens is 1. The first-order valence-corrected chi connectivity index (χ1v) is 13.7. The second kappa shape index (κ2) is 16.7. The zero-order chi connectivity index (χ0) is 28.2. The summed E-state index contributed by atoms with van der Waals surface area (Å²) in [5.41, 5.74) is 6.56. The minimum Gasteiger partial charge on any atom is -0.480 e. The molecule has 2 aliphatic rings. The Morgan fingerprint density at radius 2 is 1.73 bits per heavy atom. The summed E-state index contributed by atoms with van der Waals surface area (Å²) >= 11 is 0. The third-order valence-corrected chi connectivity index (χ3v) is 7.27. The third kappa shape index (κ3) is 9.98. The molecule has 2 saturated heterocycles. The molecule has 0 radical (unpaired) electrons. The molecule has 1 unspecified atom stereocenters. The number of amidine groups is 1. The Morgan fingerprint density at radius 1 is 1.05 bits per heavy atom. The van der Waals surface area contributed by atoms with Crippen LogP contribution in [0.1, 0.15) is 44.1 Å². The van der Waals surface area contributed by atoms with Crippen molar-refractivity contribution in [3.05, 3.63) is 35.9 Å². The van der Waals surface area contributed by atoms with Gasteiger partial charge in [-0.15, -0.1) is 12.4 Å². The molecule has 4 amide bonds. The first kappa shape index (κ1) is 32.8. The standard InChI is InChI=1S/C27H41N7O5.ClH/c28-23(29)21(24(35)31-17-19-11-8-12-30-16-19)22(25(36)34-13-6-1-2-7-14-34)33-27(39)32-20(26(37)38)15-18-9-4-3-5-10-18;/h3-5,9-10,19-22,30H,1-2,6-8,11-17H2,(H3,28,29)(H,31,35)(H,37,38)(H2,32,33,39);1H/t19?,20-,21-,22-;/m0./s1. The molecular formula is C27H42ClN7O5. The maximum absolute atomic E-state index is 13.7. The monoisotopic (exact) mass is 579 g/mol. The van der Waals surface area contributed by atoms with Gasteiger partial charge in [0.1, 0.15) is 23.8 Å². The van der Waals surface area contributed by atoms with Gasteiger partial charge in [0, 0.05) is 26.1 Å². The number of carboxylic acids is 1. The van der Waals surface area contributed by atoms with Gasteiger partial charge < -0.3 is 37.0 Å². The molecule has 0 saturated carbocycles. The molecule has 0 bridgehead atoms. The number of carboxylic acid groups (broad SMARTS) is 1. The SMILES string of the molecule is Cl.N=C(N)[C@@H](C(=O)NCC1CCCNC1)[C@H](NC(=O)N[C@@H](Cc1ccccc1)C(=O)O)C(=O)N1CCCCCC1. The van der Waals surface area contributed by atoms with Gasteiger partial charge in [-0.05, 0) is 50.3 Å². The zero-order valence-electron chi connectivity index (χ0n) is 22.7. The van der Waals surface area contributed by atoms with Gasteiger partial charge in [-0.3, -0.25) is 15.0 Å². The average Bonchev–Trinajstić information content (AvgIpc) is 3.21. The number of hydrogen-bond acceptors (Lipinski definition) is 6. The van der Waals surface area contributed by atoms with E-state index in [1.807, 2.05) is 0 Å².